The van der Waals surface area contributed by atoms with Gasteiger partial charge in [0.15, 0.2) is 0 Å². The van der Waals surface area contributed by atoms with Gasteiger partial charge in [-0.15, -0.1) is 0 Å². The monoisotopic (exact) mass is 418 g/mol. The van der Waals surface area contributed by atoms with E-state index >= 15 is 0 Å². The molecule has 0 atom stereocenters. The fourth-order valence-corrected chi connectivity index (χ4v) is 3.50. The fourth-order valence-electron chi connectivity index (χ4n) is 3.50. The minimum atomic E-state index is 0. The SMILES string of the molecule is C.C.C.CCCC1CN(CC)C1.CCCCN(C)CC.CCCCN1CC(C)C1. The van der Waals surface area contributed by atoms with Gasteiger partial charge < -0.3 is 14.7 Å². The molecule has 0 unspecified atom stereocenters. The van der Waals surface area contributed by atoms with Gasteiger partial charge in [-0.05, 0) is 64.3 Å². The molecule has 2 rings (SSSR count). The Labute approximate surface area is 188 Å². The standard InChI is InChI=1S/2C8H17N.C7H17N.3CH4/c1-3-4-5-9-6-8(2)7-9;1-3-5-8-6-9(4-2)7-8;1-4-6-7-8(3)5-2;;;/h2*8H,3-7H2,1-2H3;4-7H2,1-3H3;3*1H4. The highest BCUT2D eigenvalue weighted by molar-refractivity contribution is 4.77. The lowest BCUT2D eigenvalue weighted by molar-refractivity contribution is 0.101. The van der Waals surface area contributed by atoms with Crippen LogP contribution in [0, 0.1) is 11.8 Å². The van der Waals surface area contributed by atoms with Crippen LogP contribution >= 0.6 is 0 Å². The van der Waals surface area contributed by atoms with Gasteiger partial charge in [0.05, 0.1) is 0 Å². The summed E-state index contributed by atoms with van der Waals surface area (Å²) in [5, 5.41) is 0. The molecule has 0 spiro atoms. The molecular weight excluding hydrogens is 354 g/mol. The van der Waals surface area contributed by atoms with Crippen LogP contribution in [0.1, 0.15) is 102 Å². The fraction of sp³-hybridized carbons (Fsp3) is 1.00. The summed E-state index contributed by atoms with van der Waals surface area (Å²) in [5.74, 6) is 2.01. The molecule has 0 aliphatic carbocycles. The van der Waals surface area contributed by atoms with E-state index in [-0.39, 0.29) is 22.3 Å². The van der Waals surface area contributed by atoms with Gasteiger partial charge in [-0.3, -0.25) is 0 Å². The van der Waals surface area contributed by atoms with Gasteiger partial charge in [-0.1, -0.05) is 83.1 Å². The summed E-state index contributed by atoms with van der Waals surface area (Å²) in [7, 11) is 2.16. The average molecular weight is 418 g/mol. The molecule has 2 aliphatic rings. The summed E-state index contributed by atoms with van der Waals surface area (Å²) in [6.45, 7) is 23.9. The third-order valence-electron chi connectivity index (χ3n) is 5.58. The predicted molar refractivity (Wildman–Crippen MR) is 139 cm³/mol. The van der Waals surface area contributed by atoms with E-state index in [9.17, 15) is 0 Å². The van der Waals surface area contributed by atoms with Crippen LogP contribution in [0.2, 0.25) is 0 Å². The Morgan fingerprint density at radius 3 is 1.69 bits per heavy atom. The number of hydrogen-bond acceptors (Lipinski definition) is 3. The lowest BCUT2D eigenvalue weighted by atomic mass is 9.95. The predicted octanol–water partition coefficient (Wildman–Crippen LogP) is 7.12. The lowest BCUT2D eigenvalue weighted by Gasteiger charge is -2.38. The van der Waals surface area contributed by atoms with Crippen LogP contribution in [0.4, 0.5) is 0 Å². The van der Waals surface area contributed by atoms with Gasteiger partial charge in [0.2, 0.25) is 0 Å². The van der Waals surface area contributed by atoms with Crippen molar-refractivity contribution in [2.45, 2.75) is 102 Å². The normalized spacial score (nSPS) is 16.6. The maximum atomic E-state index is 2.54. The average Bonchev–Trinajstić information content (AvgIpc) is 2.59. The first-order valence-electron chi connectivity index (χ1n) is 11.6. The van der Waals surface area contributed by atoms with Crippen molar-refractivity contribution in [2.24, 2.45) is 11.8 Å². The topological polar surface area (TPSA) is 9.72 Å². The third kappa shape index (κ3) is 19.6. The summed E-state index contributed by atoms with van der Waals surface area (Å²) in [6.07, 6.45) is 8.17. The molecule has 0 saturated carbocycles. The number of likely N-dealkylation sites (tertiary alicyclic amines) is 2. The van der Waals surface area contributed by atoms with E-state index in [1.165, 1.54) is 90.9 Å². The highest BCUT2D eigenvalue weighted by Crippen LogP contribution is 2.19. The minimum Gasteiger partial charge on any atom is -0.307 e. The van der Waals surface area contributed by atoms with E-state index in [2.05, 4.69) is 63.3 Å². The molecule has 182 valence electrons. The highest BCUT2D eigenvalue weighted by Gasteiger charge is 2.23. The van der Waals surface area contributed by atoms with Crippen LogP contribution in [-0.2, 0) is 0 Å². The van der Waals surface area contributed by atoms with Gasteiger partial charge in [-0.2, -0.15) is 0 Å². The summed E-state index contributed by atoms with van der Waals surface area (Å²) < 4.78 is 0. The molecule has 29 heavy (non-hydrogen) atoms. The maximum Gasteiger partial charge on any atom is 0.00219 e. The zero-order chi connectivity index (χ0) is 19.8. The van der Waals surface area contributed by atoms with Crippen molar-refractivity contribution in [3.8, 4) is 0 Å². The zero-order valence-electron chi connectivity index (χ0n) is 19.4. The highest BCUT2D eigenvalue weighted by atomic mass is 15.2. The van der Waals surface area contributed by atoms with Crippen molar-refractivity contribution in [1.29, 1.82) is 0 Å². The van der Waals surface area contributed by atoms with Gasteiger partial charge in [-0.25, -0.2) is 0 Å². The number of rotatable bonds is 10. The van der Waals surface area contributed by atoms with Crippen molar-refractivity contribution in [1.82, 2.24) is 14.7 Å². The molecule has 0 bridgehead atoms. The second kappa shape index (κ2) is 24.2. The van der Waals surface area contributed by atoms with Crippen molar-refractivity contribution in [2.75, 3.05) is 59.4 Å². The first-order valence-corrected chi connectivity index (χ1v) is 11.6. The Hall–Kier alpha value is -0.120. The van der Waals surface area contributed by atoms with E-state index in [0.717, 1.165) is 11.8 Å². The first kappa shape index (κ1) is 36.3. The minimum absolute atomic E-state index is 0. The molecule has 2 fully saturated rings. The van der Waals surface area contributed by atoms with Gasteiger partial charge in [0, 0.05) is 26.2 Å². The van der Waals surface area contributed by atoms with Crippen molar-refractivity contribution >= 4 is 0 Å². The molecule has 0 aromatic rings. The van der Waals surface area contributed by atoms with E-state index < -0.39 is 0 Å². The third-order valence-corrected chi connectivity index (χ3v) is 5.58. The van der Waals surface area contributed by atoms with Crippen molar-refractivity contribution in [3.05, 3.63) is 0 Å². The summed E-state index contributed by atoms with van der Waals surface area (Å²) in [4.78, 5) is 7.37. The van der Waals surface area contributed by atoms with E-state index in [1.54, 1.807) is 0 Å². The zero-order valence-corrected chi connectivity index (χ0v) is 19.4. The summed E-state index contributed by atoms with van der Waals surface area (Å²) >= 11 is 0. The van der Waals surface area contributed by atoms with Gasteiger partial charge in [0.25, 0.3) is 0 Å². The molecule has 2 heterocycles. The molecule has 0 aromatic heterocycles. The number of unbranched alkanes of at least 4 members (excludes halogenated alkanes) is 2. The lowest BCUT2D eigenvalue weighted by Crippen LogP contribution is -2.45. The van der Waals surface area contributed by atoms with Crippen LogP contribution in [0.25, 0.3) is 0 Å². The van der Waals surface area contributed by atoms with Crippen molar-refractivity contribution in [3.63, 3.8) is 0 Å². The molecule has 0 N–H and O–H groups in total. The Kier molecular flexibility index (Phi) is 30.2. The number of hydrogen-bond donors (Lipinski definition) is 0. The van der Waals surface area contributed by atoms with E-state index in [1.807, 2.05) is 0 Å². The molecule has 2 aliphatic heterocycles. The van der Waals surface area contributed by atoms with Crippen LogP contribution in [-0.4, -0.2) is 74.1 Å². The molecule has 0 aromatic carbocycles. The van der Waals surface area contributed by atoms with Crippen LogP contribution in [0.3, 0.4) is 0 Å². The van der Waals surface area contributed by atoms with E-state index in [4.69, 9.17) is 0 Å². The Bertz CT molecular complexity index is 280. The Balaban J connectivity index is -0.000000154. The molecule has 3 nitrogen and oxygen atoms in total. The quantitative estimate of drug-likeness (QED) is 0.374. The summed E-state index contributed by atoms with van der Waals surface area (Å²) in [6, 6.07) is 0. The summed E-state index contributed by atoms with van der Waals surface area (Å²) in [5.41, 5.74) is 0. The molecule has 0 amide bonds. The van der Waals surface area contributed by atoms with Crippen LogP contribution in [0.5, 0.6) is 0 Å². The first-order chi connectivity index (χ1) is 12.5. The Morgan fingerprint density at radius 1 is 0.759 bits per heavy atom. The van der Waals surface area contributed by atoms with E-state index in [0.29, 0.717) is 0 Å². The molecular formula is C26H63N3. The largest absolute Gasteiger partial charge is 0.307 e. The number of nitrogens with zero attached hydrogens (tertiary/aromatic N) is 3. The van der Waals surface area contributed by atoms with Crippen LogP contribution < -0.4 is 0 Å². The smallest absolute Gasteiger partial charge is 0.00219 e. The van der Waals surface area contributed by atoms with Crippen LogP contribution in [0.15, 0.2) is 0 Å². The van der Waals surface area contributed by atoms with Crippen molar-refractivity contribution < 1.29 is 0 Å². The van der Waals surface area contributed by atoms with Gasteiger partial charge >= 0.3 is 0 Å². The second-order valence-electron chi connectivity index (χ2n) is 8.47. The maximum absolute atomic E-state index is 2.54. The molecule has 0 radical (unpaired) electrons. The van der Waals surface area contributed by atoms with Gasteiger partial charge in [0.1, 0.15) is 0 Å². The second-order valence-corrected chi connectivity index (χ2v) is 8.47. The Morgan fingerprint density at radius 2 is 1.31 bits per heavy atom. The molecule has 3 heteroatoms. The molecule has 2 saturated heterocycles.